The van der Waals surface area contributed by atoms with Gasteiger partial charge in [0.05, 0.1) is 26.0 Å². The van der Waals surface area contributed by atoms with Crippen LogP contribution in [0.5, 0.6) is 17.4 Å². The van der Waals surface area contributed by atoms with E-state index in [2.05, 4.69) is 4.98 Å². The summed E-state index contributed by atoms with van der Waals surface area (Å²) in [5, 5.41) is 0. The van der Waals surface area contributed by atoms with Crippen LogP contribution < -0.4 is 19.9 Å². The van der Waals surface area contributed by atoms with Crippen molar-refractivity contribution in [1.82, 2.24) is 4.98 Å². The van der Waals surface area contributed by atoms with Crippen LogP contribution in [-0.4, -0.2) is 25.3 Å². The van der Waals surface area contributed by atoms with Gasteiger partial charge >= 0.3 is 0 Å². The van der Waals surface area contributed by atoms with Crippen LogP contribution in [0.3, 0.4) is 0 Å². The van der Waals surface area contributed by atoms with Crippen LogP contribution in [-0.2, 0) is 0 Å². The van der Waals surface area contributed by atoms with Gasteiger partial charge in [0, 0.05) is 23.4 Å². The number of hydrogen-bond acceptors (Lipinski definition) is 5. The van der Waals surface area contributed by atoms with Crippen LogP contribution in [0.1, 0.15) is 13.8 Å². The van der Waals surface area contributed by atoms with Gasteiger partial charge in [-0.15, -0.1) is 0 Å². The molecule has 2 aromatic rings. The second-order valence-corrected chi connectivity index (χ2v) is 4.82. The first-order valence-electron chi connectivity index (χ1n) is 6.70. The molecular formula is C16H20N2O3. The quantitative estimate of drug-likeness (QED) is 0.856. The second kappa shape index (κ2) is 6.35. The maximum absolute atomic E-state index is 6.10. The van der Waals surface area contributed by atoms with E-state index in [1.54, 1.807) is 26.4 Å². The fourth-order valence-corrected chi connectivity index (χ4v) is 1.98. The molecule has 21 heavy (non-hydrogen) atoms. The first-order valence-corrected chi connectivity index (χ1v) is 6.70. The molecule has 0 fully saturated rings. The number of hydrogen-bond donors (Lipinski definition) is 1. The predicted molar refractivity (Wildman–Crippen MR) is 83.0 cm³/mol. The Morgan fingerprint density at radius 1 is 1.05 bits per heavy atom. The Labute approximate surface area is 124 Å². The summed E-state index contributed by atoms with van der Waals surface area (Å²) in [5.74, 6) is 1.78. The summed E-state index contributed by atoms with van der Waals surface area (Å²) in [6.45, 7) is 3.92. The van der Waals surface area contributed by atoms with Gasteiger partial charge in [-0.3, -0.25) is 0 Å². The van der Waals surface area contributed by atoms with E-state index in [9.17, 15) is 0 Å². The molecule has 2 rings (SSSR count). The number of pyridine rings is 1. The minimum Gasteiger partial charge on any atom is -0.493 e. The molecule has 0 radical (unpaired) electrons. The molecule has 0 unspecified atom stereocenters. The molecule has 0 saturated carbocycles. The molecule has 0 spiro atoms. The van der Waals surface area contributed by atoms with Crippen LogP contribution in [0.4, 0.5) is 5.69 Å². The number of nitrogens with zero attached hydrogens (tertiary/aromatic N) is 1. The van der Waals surface area contributed by atoms with E-state index in [1.165, 1.54) is 0 Å². The van der Waals surface area contributed by atoms with Gasteiger partial charge in [0.2, 0.25) is 5.88 Å². The monoisotopic (exact) mass is 288 g/mol. The highest BCUT2D eigenvalue weighted by atomic mass is 16.5. The van der Waals surface area contributed by atoms with E-state index >= 15 is 0 Å². The molecular weight excluding hydrogens is 268 g/mol. The molecule has 0 aliphatic carbocycles. The van der Waals surface area contributed by atoms with E-state index in [-0.39, 0.29) is 6.10 Å². The third-order valence-corrected chi connectivity index (χ3v) is 2.91. The minimum absolute atomic E-state index is 0.0358. The van der Waals surface area contributed by atoms with Gasteiger partial charge in [0.15, 0.2) is 11.5 Å². The van der Waals surface area contributed by atoms with Crippen LogP contribution in [0.15, 0.2) is 30.3 Å². The zero-order valence-electron chi connectivity index (χ0n) is 12.7. The Kier molecular flexibility index (Phi) is 4.52. The van der Waals surface area contributed by atoms with Crippen LogP contribution in [0.25, 0.3) is 11.3 Å². The molecule has 1 aromatic heterocycles. The second-order valence-electron chi connectivity index (χ2n) is 4.82. The first kappa shape index (κ1) is 15.0. The van der Waals surface area contributed by atoms with Gasteiger partial charge in [-0.1, -0.05) is 6.07 Å². The first-order chi connectivity index (χ1) is 10.0. The molecule has 0 aliphatic rings. The van der Waals surface area contributed by atoms with Gasteiger partial charge in [-0.25, -0.2) is 4.98 Å². The number of anilines is 1. The Morgan fingerprint density at radius 3 is 2.43 bits per heavy atom. The Hall–Kier alpha value is -2.43. The highest BCUT2D eigenvalue weighted by Crippen LogP contribution is 2.37. The molecule has 112 valence electrons. The van der Waals surface area contributed by atoms with E-state index < -0.39 is 0 Å². The predicted octanol–water partition coefficient (Wildman–Crippen LogP) is 3.14. The van der Waals surface area contributed by atoms with Crippen molar-refractivity contribution in [1.29, 1.82) is 0 Å². The lowest BCUT2D eigenvalue weighted by molar-refractivity contribution is 0.230. The smallest absolute Gasteiger partial charge is 0.213 e. The highest BCUT2D eigenvalue weighted by Gasteiger charge is 2.14. The number of rotatable bonds is 5. The van der Waals surface area contributed by atoms with Crippen molar-refractivity contribution in [2.24, 2.45) is 0 Å². The van der Waals surface area contributed by atoms with E-state index in [0.717, 1.165) is 11.3 Å². The molecule has 5 nitrogen and oxygen atoms in total. The maximum Gasteiger partial charge on any atom is 0.213 e. The van der Waals surface area contributed by atoms with E-state index in [0.29, 0.717) is 23.1 Å². The largest absolute Gasteiger partial charge is 0.493 e. The SMILES string of the molecule is COc1cccc(-c2cc(OC(C)C)c(OC)cc2N)n1. The van der Waals surface area contributed by atoms with Gasteiger partial charge in [0.1, 0.15) is 0 Å². The fraction of sp³-hybridized carbons (Fsp3) is 0.312. The number of nitrogen functional groups attached to an aromatic ring is 1. The summed E-state index contributed by atoms with van der Waals surface area (Å²) in [7, 11) is 3.17. The van der Waals surface area contributed by atoms with Gasteiger partial charge in [-0.05, 0) is 26.0 Å². The number of methoxy groups -OCH3 is 2. The molecule has 1 heterocycles. The summed E-state index contributed by atoms with van der Waals surface area (Å²) in [4.78, 5) is 4.40. The van der Waals surface area contributed by atoms with Crippen molar-refractivity contribution in [3.8, 4) is 28.6 Å². The number of ether oxygens (including phenoxy) is 3. The molecule has 0 amide bonds. The van der Waals surface area contributed by atoms with Crippen LogP contribution >= 0.6 is 0 Å². The van der Waals surface area contributed by atoms with Crippen LogP contribution in [0, 0.1) is 0 Å². The van der Waals surface area contributed by atoms with Gasteiger partial charge in [-0.2, -0.15) is 0 Å². The fourth-order valence-electron chi connectivity index (χ4n) is 1.98. The lowest BCUT2D eigenvalue weighted by Gasteiger charge is -2.16. The number of benzene rings is 1. The van der Waals surface area contributed by atoms with E-state index in [1.807, 2.05) is 32.0 Å². The summed E-state index contributed by atoms with van der Waals surface area (Å²) >= 11 is 0. The van der Waals surface area contributed by atoms with Crippen molar-refractivity contribution in [3.05, 3.63) is 30.3 Å². The summed E-state index contributed by atoms with van der Waals surface area (Å²) in [6.07, 6.45) is 0.0358. The van der Waals surface area contributed by atoms with Crippen LogP contribution in [0.2, 0.25) is 0 Å². The standard InChI is InChI=1S/C16H20N2O3/c1-10(2)21-15-8-11(12(17)9-14(15)19-3)13-6-5-7-16(18-13)20-4/h5-10H,17H2,1-4H3. The molecule has 0 aliphatic heterocycles. The Morgan fingerprint density at radius 2 is 1.81 bits per heavy atom. The topological polar surface area (TPSA) is 66.6 Å². The van der Waals surface area contributed by atoms with Crippen molar-refractivity contribution >= 4 is 5.69 Å². The highest BCUT2D eigenvalue weighted by molar-refractivity contribution is 5.77. The number of nitrogens with two attached hydrogens (primary N) is 1. The average molecular weight is 288 g/mol. The average Bonchev–Trinajstić information content (AvgIpc) is 2.48. The van der Waals surface area contributed by atoms with Gasteiger partial charge < -0.3 is 19.9 Å². The van der Waals surface area contributed by atoms with Crippen molar-refractivity contribution in [2.75, 3.05) is 20.0 Å². The van der Waals surface area contributed by atoms with Crippen molar-refractivity contribution < 1.29 is 14.2 Å². The Balaban J connectivity index is 2.52. The summed E-state index contributed by atoms with van der Waals surface area (Å²) in [5.41, 5.74) is 8.18. The number of aromatic nitrogens is 1. The molecule has 2 N–H and O–H groups in total. The van der Waals surface area contributed by atoms with Gasteiger partial charge in [0.25, 0.3) is 0 Å². The zero-order chi connectivity index (χ0) is 15.4. The third-order valence-electron chi connectivity index (χ3n) is 2.91. The van der Waals surface area contributed by atoms with Crippen molar-refractivity contribution in [3.63, 3.8) is 0 Å². The summed E-state index contributed by atoms with van der Waals surface area (Å²) < 4.78 is 16.2. The lowest BCUT2D eigenvalue weighted by atomic mass is 10.1. The zero-order valence-corrected chi connectivity index (χ0v) is 12.7. The normalized spacial score (nSPS) is 10.5. The molecule has 5 heteroatoms. The summed E-state index contributed by atoms with van der Waals surface area (Å²) in [6, 6.07) is 9.12. The van der Waals surface area contributed by atoms with E-state index in [4.69, 9.17) is 19.9 Å². The molecule has 0 saturated heterocycles. The maximum atomic E-state index is 6.10. The van der Waals surface area contributed by atoms with Crippen molar-refractivity contribution in [2.45, 2.75) is 20.0 Å². The molecule has 0 atom stereocenters. The lowest BCUT2D eigenvalue weighted by Crippen LogP contribution is -2.07. The molecule has 1 aromatic carbocycles. The third kappa shape index (κ3) is 3.37. The Bertz CT molecular complexity index is 627. The molecule has 0 bridgehead atoms. The minimum atomic E-state index is 0.0358.